The van der Waals surface area contributed by atoms with E-state index in [1.807, 2.05) is 18.2 Å². The molecular weight excluding hydrogens is 324 g/mol. The Bertz CT molecular complexity index is 440. The fraction of sp³-hybridized carbons (Fsp3) is 0.600. The van der Waals surface area contributed by atoms with Crippen LogP contribution >= 0.6 is 27.5 Å². The van der Waals surface area contributed by atoms with Gasteiger partial charge in [0.25, 0.3) is 0 Å². The van der Waals surface area contributed by atoms with Gasteiger partial charge in [0.1, 0.15) is 0 Å². The number of rotatable bonds is 4. The van der Waals surface area contributed by atoms with Gasteiger partial charge in [-0.05, 0) is 62.5 Å². The van der Waals surface area contributed by atoms with Gasteiger partial charge >= 0.3 is 0 Å². The lowest BCUT2D eigenvalue weighted by Crippen LogP contribution is -2.43. The number of likely N-dealkylation sites (tertiary alicyclic amines) is 1. The van der Waals surface area contributed by atoms with Crippen molar-refractivity contribution < 1.29 is 0 Å². The molecule has 1 heterocycles. The molecule has 19 heavy (non-hydrogen) atoms. The minimum absolute atomic E-state index is 0.654. The first kappa shape index (κ1) is 13.9. The van der Waals surface area contributed by atoms with Crippen molar-refractivity contribution in [3.8, 4) is 0 Å². The molecule has 1 saturated carbocycles. The van der Waals surface area contributed by atoms with Crippen LogP contribution in [-0.2, 0) is 6.54 Å². The number of nitrogens with one attached hydrogen (secondary N) is 1. The summed E-state index contributed by atoms with van der Waals surface area (Å²) < 4.78 is 1.14. The van der Waals surface area contributed by atoms with Crippen LogP contribution in [0.2, 0.25) is 5.02 Å². The highest BCUT2D eigenvalue weighted by molar-refractivity contribution is 9.10. The van der Waals surface area contributed by atoms with E-state index in [0.29, 0.717) is 6.04 Å². The molecule has 0 atom stereocenters. The van der Waals surface area contributed by atoms with E-state index in [2.05, 4.69) is 26.1 Å². The highest BCUT2D eigenvalue weighted by Gasteiger charge is 2.31. The summed E-state index contributed by atoms with van der Waals surface area (Å²) in [4.78, 5) is 2.66. The third-order valence-corrected chi connectivity index (χ3v) is 5.19. The average molecular weight is 344 g/mol. The zero-order valence-electron chi connectivity index (χ0n) is 11.0. The second-order valence-electron chi connectivity index (χ2n) is 5.66. The number of piperidine rings is 1. The second kappa shape index (κ2) is 6.13. The summed E-state index contributed by atoms with van der Waals surface area (Å²) in [5, 5.41) is 4.48. The predicted octanol–water partition coefficient (Wildman–Crippen LogP) is 3.82. The lowest BCUT2D eigenvalue weighted by atomic mass is 10.0. The molecule has 1 aromatic rings. The minimum Gasteiger partial charge on any atom is -0.310 e. The van der Waals surface area contributed by atoms with Crippen LogP contribution in [0.25, 0.3) is 0 Å². The topological polar surface area (TPSA) is 15.3 Å². The molecule has 4 heteroatoms. The molecule has 0 bridgehead atoms. The van der Waals surface area contributed by atoms with Crippen LogP contribution in [0, 0.1) is 0 Å². The summed E-state index contributed by atoms with van der Waals surface area (Å²) in [5.41, 5.74) is 1.25. The number of hydrogen-bond acceptors (Lipinski definition) is 2. The summed E-state index contributed by atoms with van der Waals surface area (Å²) >= 11 is 9.63. The number of benzene rings is 1. The molecule has 1 saturated heterocycles. The fourth-order valence-electron chi connectivity index (χ4n) is 2.84. The van der Waals surface area contributed by atoms with Crippen LogP contribution < -0.4 is 5.32 Å². The molecule has 0 spiro atoms. The Morgan fingerprint density at radius 2 is 1.95 bits per heavy atom. The summed E-state index contributed by atoms with van der Waals surface area (Å²) in [7, 11) is 0. The van der Waals surface area contributed by atoms with Crippen LogP contribution in [-0.4, -0.2) is 30.1 Å². The number of hydrogen-bond donors (Lipinski definition) is 1. The molecule has 0 unspecified atom stereocenters. The number of halogens is 2. The van der Waals surface area contributed by atoms with Crippen LogP contribution in [0.4, 0.5) is 0 Å². The van der Waals surface area contributed by atoms with Crippen LogP contribution in [0.1, 0.15) is 31.2 Å². The van der Waals surface area contributed by atoms with Crippen molar-refractivity contribution in [3.05, 3.63) is 33.3 Å². The van der Waals surface area contributed by atoms with E-state index in [1.54, 1.807) is 0 Å². The van der Waals surface area contributed by atoms with Crippen molar-refractivity contribution in [2.45, 2.75) is 44.3 Å². The zero-order valence-corrected chi connectivity index (χ0v) is 13.4. The average Bonchev–Trinajstić information content (AvgIpc) is 3.25. The summed E-state index contributed by atoms with van der Waals surface area (Å²) in [6.07, 6.45) is 5.39. The zero-order chi connectivity index (χ0) is 13.2. The lowest BCUT2D eigenvalue weighted by Gasteiger charge is -2.32. The van der Waals surface area contributed by atoms with Gasteiger partial charge in [0.2, 0.25) is 0 Å². The third kappa shape index (κ3) is 3.72. The molecule has 104 valence electrons. The van der Waals surface area contributed by atoms with Gasteiger partial charge in [0.05, 0.1) is 0 Å². The first-order valence-electron chi connectivity index (χ1n) is 7.14. The smallest absolute Gasteiger partial charge is 0.0410 e. The van der Waals surface area contributed by atoms with E-state index in [4.69, 9.17) is 11.6 Å². The standard InChI is InChI=1S/C15H20BrClN2/c16-15-4-1-12(17)9-11(15)10-18-13-5-7-19(8-6-13)14-2-3-14/h1,4,9,13-14,18H,2-3,5-8,10H2. The summed E-state index contributed by atoms with van der Waals surface area (Å²) in [5.74, 6) is 0. The Hall–Kier alpha value is -0.0900. The molecule has 0 aromatic heterocycles. The van der Waals surface area contributed by atoms with Gasteiger partial charge in [-0.1, -0.05) is 27.5 Å². The van der Waals surface area contributed by atoms with Gasteiger partial charge in [-0.15, -0.1) is 0 Å². The molecule has 0 amide bonds. The van der Waals surface area contributed by atoms with E-state index >= 15 is 0 Å². The van der Waals surface area contributed by atoms with E-state index in [0.717, 1.165) is 22.1 Å². The molecule has 1 aromatic carbocycles. The molecule has 1 aliphatic carbocycles. The predicted molar refractivity (Wildman–Crippen MR) is 83.6 cm³/mol. The molecule has 1 aliphatic heterocycles. The van der Waals surface area contributed by atoms with Crippen molar-refractivity contribution in [1.82, 2.24) is 10.2 Å². The van der Waals surface area contributed by atoms with E-state index in [1.165, 1.54) is 44.3 Å². The van der Waals surface area contributed by atoms with Crippen molar-refractivity contribution in [3.63, 3.8) is 0 Å². The lowest BCUT2D eigenvalue weighted by molar-refractivity contribution is 0.189. The molecule has 2 aliphatic rings. The first-order valence-corrected chi connectivity index (χ1v) is 8.31. The van der Waals surface area contributed by atoms with Gasteiger partial charge < -0.3 is 10.2 Å². The van der Waals surface area contributed by atoms with Crippen LogP contribution in [0.3, 0.4) is 0 Å². The highest BCUT2D eigenvalue weighted by atomic mass is 79.9. The minimum atomic E-state index is 0.654. The van der Waals surface area contributed by atoms with E-state index in [9.17, 15) is 0 Å². The quantitative estimate of drug-likeness (QED) is 0.894. The monoisotopic (exact) mass is 342 g/mol. The maximum absolute atomic E-state index is 6.04. The summed E-state index contributed by atoms with van der Waals surface area (Å²) in [6, 6.07) is 7.56. The Morgan fingerprint density at radius 1 is 1.21 bits per heavy atom. The van der Waals surface area contributed by atoms with Gasteiger partial charge in [-0.2, -0.15) is 0 Å². The Kier molecular flexibility index (Phi) is 4.47. The van der Waals surface area contributed by atoms with E-state index < -0.39 is 0 Å². The van der Waals surface area contributed by atoms with Crippen LogP contribution in [0.5, 0.6) is 0 Å². The van der Waals surface area contributed by atoms with Crippen molar-refractivity contribution in [1.29, 1.82) is 0 Å². The Morgan fingerprint density at radius 3 is 2.63 bits per heavy atom. The highest BCUT2D eigenvalue weighted by Crippen LogP contribution is 2.29. The van der Waals surface area contributed by atoms with Crippen molar-refractivity contribution in [2.24, 2.45) is 0 Å². The first-order chi connectivity index (χ1) is 9.22. The second-order valence-corrected chi connectivity index (χ2v) is 6.95. The van der Waals surface area contributed by atoms with Gasteiger partial charge in [0, 0.05) is 28.1 Å². The molecule has 2 fully saturated rings. The maximum Gasteiger partial charge on any atom is 0.0410 e. The molecule has 0 radical (unpaired) electrons. The van der Waals surface area contributed by atoms with Crippen molar-refractivity contribution in [2.75, 3.05) is 13.1 Å². The SMILES string of the molecule is Clc1ccc(Br)c(CNC2CCN(C3CC3)CC2)c1. The molecule has 3 rings (SSSR count). The molecule has 1 N–H and O–H groups in total. The Labute approximate surface area is 128 Å². The number of nitrogens with zero attached hydrogens (tertiary/aromatic N) is 1. The van der Waals surface area contributed by atoms with Gasteiger partial charge in [0.15, 0.2) is 0 Å². The maximum atomic E-state index is 6.04. The van der Waals surface area contributed by atoms with Gasteiger partial charge in [-0.3, -0.25) is 0 Å². The Balaban J connectivity index is 1.48. The van der Waals surface area contributed by atoms with Crippen molar-refractivity contribution >= 4 is 27.5 Å². The molecule has 2 nitrogen and oxygen atoms in total. The largest absolute Gasteiger partial charge is 0.310 e. The fourth-order valence-corrected chi connectivity index (χ4v) is 3.42. The normalized spacial score (nSPS) is 21.8. The van der Waals surface area contributed by atoms with E-state index in [-0.39, 0.29) is 0 Å². The third-order valence-electron chi connectivity index (χ3n) is 4.18. The van der Waals surface area contributed by atoms with Crippen LogP contribution in [0.15, 0.2) is 22.7 Å². The molecular formula is C15H20BrClN2. The van der Waals surface area contributed by atoms with Gasteiger partial charge in [-0.25, -0.2) is 0 Å². The summed E-state index contributed by atoms with van der Waals surface area (Å²) in [6.45, 7) is 3.42.